The van der Waals surface area contributed by atoms with Crippen molar-refractivity contribution in [3.05, 3.63) is 149 Å². The first kappa shape index (κ1) is 29.5. The van der Waals surface area contributed by atoms with Crippen LogP contribution < -0.4 is 16.2 Å². The first-order valence-corrected chi connectivity index (χ1v) is 13.2. The SMILES string of the molecule is C=c1cccc/c1=C/C(=C\N)c1ccc(-c2ccc(-c3ccc(-c4cc(C(F)(F)F)cc(C(F)(F)F)c4)cc3)cc2)cc1. The molecule has 0 radical (unpaired) electrons. The van der Waals surface area contributed by atoms with Crippen molar-refractivity contribution in [3.63, 3.8) is 0 Å². The molecule has 0 saturated heterocycles. The Balaban J connectivity index is 1.36. The highest BCUT2D eigenvalue weighted by Crippen LogP contribution is 2.39. The fourth-order valence-corrected chi connectivity index (χ4v) is 4.76. The number of hydrogen-bond acceptors (Lipinski definition) is 1. The second-order valence-corrected chi connectivity index (χ2v) is 9.99. The molecule has 216 valence electrons. The molecule has 43 heavy (non-hydrogen) atoms. The highest BCUT2D eigenvalue weighted by Gasteiger charge is 2.37. The van der Waals surface area contributed by atoms with Crippen LogP contribution in [0.4, 0.5) is 26.3 Å². The van der Waals surface area contributed by atoms with E-state index in [1.807, 2.05) is 78.9 Å². The highest BCUT2D eigenvalue weighted by molar-refractivity contribution is 5.88. The van der Waals surface area contributed by atoms with E-state index in [9.17, 15) is 26.3 Å². The Morgan fingerprint density at radius 2 is 0.930 bits per heavy atom. The van der Waals surface area contributed by atoms with E-state index in [4.69, 9.17) is 5.73 Å². The third-order valence-electron chi connectivity index (χ3n) is 7.12. The quantitative estimate of drug-likeness (QED) is 0.205. The first-order valence-electron chi connectivity index (χ1n) is 13.2. The minimum Gasteiger partial charge on any atom is -0.404 e. The zero-order valence-corrected chi connectivity index (χ0v) is 22.7. The van der Waals surface area contributed by atoms with Crippen molar-refractivity contribution in [1.82, 2.24) is 0 Å². The molecule has 0 heterocycles. The monoisotopic (exact) mass is 585 g/mol. The van der Waals surface area contributed by atoms with Gasteiger partial charge in [-0.3, -0.25) is 0 Å². The van der Waals surface area contributed by atoms with E-state index in [0.29, 0.717) is 0 Å². The lowest BCUT2D eigenvalue weighted by Crippen LogP contribution is -2.21. The Kier molecular flexibility index (Phi) is 8.00. The van der Waals surface area contributed by atoms with Crippen LogP contribution in [0.15, 0.2) is 121 Å². The smallest absolute Gasteiger partial charge is 0.404 e. The number of benzene rings is 5. The summed E-state index contributed by atoms with van der Waals surface area (Å²) < 4.78 is 79.7. The van der Waals surface area contributed by atoms with Gasteiger partial charge in [0.15, 0.2) is 0 Å². The van der Waals surface area contributed by atoms with Crippen LogP contribution in [0.5, 0.6) is 0 Å². The molecule has 5 aromatic rings. The number of alkyl halides is 6. The van der Waals surface area contributed by atoms with Crippen LogP contribution in [0, 0.1) is 0 Å². The third kappa shape index (κ3) is 6.72. The van der Waals surface area contributed by atoms with E-state index in [0.717, 1.165) is 56.0 Å². The van der Waals surface area contributed by atoms with Gasteiger partial charge in [0, 0.05) is 6.20 Å². The summed E-state index contributed by atoms with van der Waals surface area (Å²) in [6, 6.07) is 31.4. The molecule has 0 unspecified atom stereocenters. The second-order valence-electron chi connectivity index (χ2n) is 9.99. The number of hydrogen-bond donors (Lipinski definition) is 1. The Bertz CT molecular complexity index is 1850. The average molecular weight is 586 g/mol. The van der Waals surface area contributed by atoms with E-state index in [2.05, 4.69) is 6.58 Å². The average Bonchev–Trinajstić information content (AvgIpc) is 3.00. The standard InChI is InChI=1S/C36H25F6N/c1-23-4-2-3-5-30(23)18-32(22-43)29-16-12-27(13-17-29)25-8-6-24(7-9-25)26-10-14-28(15-11-26)31-19-33(35(37,38)39)21-34(20-31)36(40,41)42/h2-22H,1,43H2/b30-18-,32-22+. The Morgan fingerprint density at radius 3 is 1.33 bits per heavy atom. The minimum absolute atomic E-state index is 0.128. The number of halogens is 6. The molecule has 0 atom stereocenters. The molecule has 0 aliphatic carbocycles. The fraction of sp³-hybridized carbons (Fsp3) is 0.0556. The largest absolute Gasteiger partial charge is 0.416 e. The van der Waals surface area contributed by atoms with Crippen LogP contribution in [-0.2, 0) is 12.4 Å². The van der Waals surface area contributed by atoms with Crippen LogP contribution in [0.25, 0.3) is 51.6 Å². The predicted molar refractivity (Wildman–Crippen MR) is 161 cm³/mol. The first-order chi connectivity index (χ1) is 20.4. The summed E-state index contributed by atoms with van der Waals surface area (Å²) in [4.78, 5) is 0. The molecule has 0 aliphatic heterocycles. The molecule has 5 aromatic carbocycles. The van der Waals surface area contributed by atoms with Crippen LogP contribution in [-0.4, -0.2) is 0 Å². The summed E-state index contributed by atoms with van der Waals surface area (Å²) >= 11 is 0. The lowest BCUT2D eigenvalue weighted by Gasteiger charge is -2.14. The Hall–Kier alpha value is -5.04. The molecule has 0 bridgehead atoms. The molecule has 0 aliphatic rings. The van der Waals surface area contributed by atoms with Gasteiger partial charge < -0.3 is 5.73 Å². The molecule has 0 amide bonds. The van der Waals surface area contributed by atoms with Crippen molar-refractivity contribution >= 4 is 18.2 Å². The molecule has 7 heteroatoms. The fourth-order valence-electron chi connectivity index (χ4n) is 4.76. The van der Waals surface area contributed by atoms with E-state index >= 15 is 0 Å². The highest BCUT2D eigenvalue weighted by atomic mass is 19.4. The maximum atomic E-state index is 13.3. The van der Waals surface area contributed by atoms with Gasteiger partial charge in [0.1, 0.15) is 0 Å². The van der Waals surface area contributed by atoms with Crippen molar-refractivity contribution in [2.45, 2.75) is 12.4 Å². The third-order valence-corrected chi connectivity index (χ3v) is 7.12. The van der Waals surface area contributed by atoms with Gasteiger partial charge in [-0.15, -0.1) is 0 Å². The molecular formula is C36H25F6N. The van der Waals surface area contributed by atoms with E-state index < -0.39 is 23.5 Å². The van der Waals surface area contributed by atoms with Crippen molar-refractivity contribution in [1.29, 1.82) is 0 Å². The number of rotatable bonds is 5. The summed E-state index contributed by atoms with van der Waals surface area (Å²) in [6.07, 6.45) is -6.26. The van der Waals surface area contributed by atoms with E-state index in [1.165, 1.54) is 12.1 Å². The minimum atomic E-state index is -4.90. The van der Waals surface area contributed by atoms with E-state index in [1.54, 1.807) is 18.3 Å². The molecule has 2 N–H and O–H groups in total. The molecule has 0 aromatic heterocycles. The van der Waals surface area contributed by atoms with Gasteiger partial charge in [-0.25, -0.2) is 0 Å². The molecule has 5 rings (SSSR count). The molecular weight excluding hydrogens is 560 g/mol. The van der Waals surface area contributed by atoms with Gasteiger partial charge in [0.2, 0.25) is 0 Å². The van der Waals surface area contributed by atoms with Gasteiger partial charge in [-0.2, -0.15) is 26.3 Å². The van der Waals surface area contributed by atoms with Gasteiger partial charge in [0.05, 0.1) is 11.1 Å². The van der Waals surface area contributed by atoms with Crippen molar-refractivity contribution in [2.75, 3.05) is 0 Å². The van der Waals surface area contributed by atoms with Gasteiger partial charge >= 0.3 is 12.4 Å². The normalized spacial score (nSPS) is 12.9. The summed E-state index contributed by atoms with van der Waals surface area (Å²) in [5, 5.41) is 1.88. The van der Waals surface area contributed by atoms with Gasteiger partial charge in [-0.1, -0.05) is 104 Å². The lowest BCUT2D eigenvalue weighted by atomic mass is 9.95. The van der Waals surface area contributed by atoms with Crippen molar-refractivity contribution in [2.24, 2.45) is 5.73 Å². The van der Waals surface area contributed by atoms with E-state index in [-0.39, 0.29) is 17.2 Å². The summed E-state index contributed by atoms with van der Waals surface area (Å²) in [5.41, 5.74) is 8.71. The summed E-state index contributed by atoms with van der Waals surface area (Å²) in [7, 11) is 0. The maximum Gasteiger partial charge on any atom is 0.416 e. The maximum absolute atomic E-state index is 13.3. The van der Waals surface area contributed by atoms with Crippen LogP contribution >= 0.6 is 0 Å². The molecule has 0 spiro atoms. The summed E-state index contributed by atoms with van der Waals surface area (Å²) in [6.45, 7) is 4.05. The zero-order valence-electron chi connectivity index (χ0n) is 22.7. The Morgan fingerprint density at radius 1 is 0.535 bits per heavy atom. The van der Waals surface area contributed by atoms with Gasteiger partial charge in [0.25, 0.3) is 0 Å². The second kappa shape index (κ2) is 11.7. The lowest BCUT2D eigenvalue weighted by molar-refractivity contribution is -0.143. The van der Waals surface area contributed by atoms with Crippen LogP contribution in [0.1, 0.15) is 16.7 Å². The summed E-state index contributed by atoms with van der Waals surface area (Å²) in [5.74, 6) is 0. The predicted octanol–water partition coefficient (Wildman–Crippen LogP) is 8.92. The topological polar surface area (TPSA) is 26.0 Å². The van der Waals surface area contributed by atoms with Gasteiger partial charge in [-0.05, 0) is 79.2 Å². The molecule has 1 nitrogen and oxygen atoms in total. The molecule has 0 saturated carbocycles. The van der Waals surface area contributed by atoms with Crippen molar-refractivity contribution < 1.29 is 26.3 Å². The zero-order chi connectivity index (χ0) is 30.8. The van der Waals surface area contributed by atoms with Crippen LogP contribution in [0.2, 0.25) is 0 Å². The number of allylic oxidation sites excluding steroid dienone is 1. The Labute approximate surface area is 244 Å². The van der Waals surface area contributed by atoms with Crippen LogP contribution in [0.3, 0.4) is 0 Å². The van der Waals surface area contributed by atoms with Crippen molar-refractivity contribution in [3.8, 4) is 33.4 Å². The molecule has 0 fully saturated rings. The number of nitrogens with two attached hydrogens (primary N) is 1.